The second kappa shape index (κ2) is 5.02. The lowest BCUT2D eigenvalue weighted by Gasteiger charge is -2.37. The zero-order valence-corrected chi connectivity index (χ0v) is 10.8. The molecule has 0 radical (unpaired) electrons. The summed E-state index contributed by atoms with van der Waals surface area (Å²) in [5.41, 5.74) is 7.03. The largest absolute Gasteiger partial charge is 0.375 e. The van der Waals surface area contributed by atoms with Crippen molar-refractivity contribution in [3.8, 4) is 0 Å². The van der Waals surface area contributed by atoms with Gasteiger partial charge in [0.2, 0.25) is 0 Å². The number of pyridine rings is 1. The van der Waals surface area contributed by atoms with E-state index in [1.165, 1.54) is 0 Å². The van der Waals surface area contributed by atoms with Gasteiger partial charge in [-0.05, 0) is 38.5 Å². The Bertz CT molecular complexity index is 381. The van der Waals surface area contributed by atoms with Crippen molar-refractivity contribution in [2.24, 2.45) is 5.73 Å². The van der Waals surface area contributed by atoms with Crippen molar-refractivity contribution in [3.05, 3.63) is 23.9 Å². The highest BCUT2D eigenvalue weighted by molar-refractivity contribution is 5.43. The fourth-order valence-corrected chi connectivity index (χ4v) is 2.10. The molecule has 1 aliphatic rings. The van der Waals surface area contributed by atoms with E-state index in [9.17, 15) is 0 Å². The van der Waals surface area contributed by atoms with Crippen molar-refractivity contribution in [3.63, 3.8) is 0 Å². The van der Waals surface area contributed by atoms with E-state index in [1.54, 1.807) is 0 Å². The maximum Gasteiger partial charge on any atom is 0.129 e. The molecule has 2 rings (SSSR count). The summed E-state index contributed by atoms with van der Waals surface area (Å²) in [6, 6.07) is 4.47. The summed E-state index contributed by atoms with van der Waals surface area (Å²) >= 11 is 0. The van der Waals surface area contributed by atoms with E-state index in [-0.39, 0.29) is 12.1 Å². The highest BCUT2D eigenvalue weighted by Gasteiger charge is 2.24. The van der Waals surface area contributed by atoms with Gasteiger partial charge in [-0.3, -0.25) is 0 Å². The molecule has 1 aromatic heterocycles. The van der Waals surface area contributed by atoms with Crippen LogP contribution in [0, 0.1) is 0 Å². The van der Waals surface area contributed by atoms with E-state index in [4.69, 9.17) is 10.5 Å². The SMILES string of the molecule is CC1CN(c2cc([C@@H](C)N)ccn2)C(C)CO1. The van der Waals surface area contributed by atoms with Crippen LogP contribution in [0.2, 0.25) is 0 Å². The molecule has 1 fully saturated rings. The molecule has 0 amide bonds. The first kappa shape index (κ1) is 12.3. The predicted molar refractivity (Wildman–Crippen MR) is 69.1 cm³/mol. The Kier molecular flexibility index (Phi) is 3.64. The highest BCUT2D eigenvalue weighted by atomic mass is 16.5. The predicted octanol–water partition coefficient (Wildman–Crippen LogP) is 1.71. The summed E-state index contributed by atoms with van der Waals surface area (Å²) in [5.74, 6) is 1.00. The molecule has 2 heterocycles. The molecule has 0 bridgehead atoms. The maximum absolute atomic E-state index is 5.90. The topological polar surface area (TPSA) is 51.4 Å². The zero-order valence-electron chi connectivity index (χ0n) is 10.8. The third-order valence-electron chi connectivity index (χ3n) is 3.20. The molecule has 17 heavy (non-hydrogen) atoms. The van der Waals surface area contributed by atoms with Gasteiger partial charge < -0.3 is 15.4 Å². The van der Waals surface area contributed by atoms with Crippen molar-refractivity contribution < 1.29 is 4.74 Å². The minimum atomic E-state index is 0.0468. The lowest BCUT2D eigenvalue weighted by atomic mass is 10.1. The van der Waals surface area contributed by atoms with E-state index in [1.807, 2.05) is 19.2 Å². The number of aromatic nitrogens is 1. The van der Waals surface area contributed by atoms with Crippen molar-refractivity contribution in [1.29, 1.82) is 0 Å². The Morgan fingerprint density at radius 1 is 1.53 bits per heavy atom. The van der Waals surface area contributed by atoms with Crippen LogP contribution in [0.25, 0.3) is 0 Å². The number of anilines is 1. The molecule has 3 atom stereocenters. The van der Waals surface area contributed by atoms with E-state index in [2.05, 4.69) is 29.8 Å². The Morgan fingerprint density at radius 2 is 2.29 bits per heavy atom. The van der Waals surface area contributed by atoms with Crippen LogP contribution >= 0.6 is 0 Å². The second-order valence-corrected chi connectivity index (χ2v) is 4.88. The van der Waals surface area contributed by atoms with Crippen LogP contribution in [-0.2, 0) is 4.74 Å². The molecule has 2 N–H and O–H groups in total. The lowest BCUT2D eigenvalue weighted by molar-refractivity contribution is 0.0340. The third kappa shape index (κ3) is 2.76. The fourth-order valence-electron chi connectivity index (χ4n) is 2.10. The van der Waals surface area contributed by atoms with E-state index < -0.39 is 0 Å². The molecule has 4 heteroatoms. The maximum atomic E-state index is 5.90. The number of rotatable bonds is 2. The van der Waals surface area contributed by atoms with Crippen LogP contribution in [-0.4, -0.2) is 30.3 Å². The van der Waals surface area contributed by atoms with Gasteiger partial charge in [0.1, 0.15) is 5.82 Å². The lowest BCUT2D eigenvalue weighted by Crippen LogP contribution is -2.47. The normalized spacial score (nSPS) is 26.9. The summed E-state index contributed by atoms with van der Waals surface area (Å²) in [6.07, 6.45) is 2.09. The molecule has 1 aliphatic heterocycles. The zero-order chi connectivity index (χ0) is 12.4. The monoisotopic (exact) mass is 235 g/mol. The number of nitrogens with two attached hydrogens (primary N) is 1. The standard InChI is InChI=1S/C13H21N3O/c1-9-8-17-10(2)7-16(9)13-6-12(11(3)14)4-5-15-13/h4-6,9-11H,7-8,14H2,1-3H3/t9?,10?,11-/m1/s1. The van der Waals surface area contributed by atoms with Crippen LogP contribution in [0.15, 0.2) is 18.3 Å². The van der Waals surface area contributed by atoms with E-state index in [0.29, 0.717) is 6.04 Å². The van der Waals surface area contributed by atoms with Gasteiger partial charge in [-0.25, -0.2) is 4.98 Å². The number of hydrogen-bond acceptors (Lipinski definition) is 4. The number of nitrogens with zero attached hydrogens (tertiary/aromatic N) is 2. The van der Waals surface area contributed by atoms with Crippen molar-refractivity contribution in [2.45, 2.75) is 39.0 Å². The Hall–Kier alpha value is -1.13. The Labute approximate surface area is 103 Å². The number of morpholine rings is 1. The molecule has 4 nitrogen and oxygen atoms in total. The quantitative estimate of drug-likeness (QED) is 0.848. The molecule has 1 saturated heterocycles. The van der Waals surface area contributed by atoms with Crippen LogP contribution in [0.4, 0.5) is 5.82 Å². The van der Waals surface area contributed by atoms with Crippen molar-refractivity contribution in [1.82, 2.24) is 4.98 Å². The third-order valence-corrected chi connectivity index (χ3v) is 3.20. The van der Waals surface area contributed by atoms with Crippen LogP contribution in [0.3, 0.4) is 0 Å². The minimum absolute atomic E-state index is 0.0468. The van der Waals surface area contributed by atoms with E-state index in [0.717, 1.165) is 24.5 Å². The summed E-state index contributed by atoms with van der Waals surface area (Å²) in [5, 5.41) is 0. The van der Waals surface area contributed by atoms with Gasteiger partial charge >= 0.3 is 0 Å². The first-order chi connectivity index (χ1) is 8.08. The van der Waals surface area contributed by atoms with Gasteiger partial charge in [0.25, 0.3) is 0 Å². The van der Waals surface area contributed by atoms with Gasteiger partial charge in [-0.15, -0.1) is 0 Å². The summed E-state index contributed by atoms with van der Waals surface area (Å²) in [6.45, 7) is 7.88. The first-order valence-corrected chi connectivity index (χ1v) is 6.17. The van der Waals surface area contributed by atoms with Crippen LogP contribution in [0.1, 0.15) is 32.4 Å². The highest BCUT2D eigenvalue weighted by Crippen LogP contribution is 2.22. The fraction of sp³-hybridized carbons (Fsp3) is 0.615. The van der Waals surface area contributed by atoms with Gasteiger partial charge in [0.15, 0.2) is 0 Å². The van der Waals surface area contributed by atoms with Gasteiger partial charge in [-0.1, -0.05) is 0 Å². The molecule has 0 spiro atoms. The molecule has 2 unspecified atom stereocenters. The summed E-state index contributed by atoms with van der Waals surface area (Å²) < 4.78 is 5.63. The smallest absolute Gasteiger partial charge is 0.129 e. The van der Waals surface area contributed by atoms with Gasteiger partial charge in [0, 0.05) is 18.8 Å². The summed E-state index contributed by atoms with van der Waals surface area (Å²) in [7, 11) is 0. The average Bonchev–Trinajstić information content (AvgIpc) is 2.32. The average molecular weight is 235 g/mol. The number of ether oxygens (including phenoxy) is 1. The second-order valence-electron chi connectivity index (χ2n) is 4.88. The van der Waals surface area contributed by atoms with Crippen molar-refractivity contribution in [2.75, 3.05) is 18.1 Å². The van der Waals surface area contributed by atoms with Crippen LogP contribution in [0.5, 0.6) is 0 Å². The molecule has 0 aromatic carbocycles. The minimum Gasteiger partial charge on any atom is -0.375 e. The molecule has 1 aromatic rings. The summed E-state index contributed by atoms with van der Waals surface area (Å²) in [4.78, 5) is 6.74. The van der Waals surface area contributed by atoms with Crippen molar-refractivity contribution >= 4 is 5.82 Å². The molecular formula is C13H21N3O. The number of hydrogen-bond donors (Lipinski definition) is 1. The Morgan fingerprint density at radius 3 is 3.00 bits per heavy atom. The molecular weight excluding hydrogens is 214 g/mol. The van der Waals surface area contributed by atoms with E-state index >= 15 is 0 Å². The van der Waals surface area contributed by atoms with Crippen LogP contribution < -0.4 is 10.6 Å². The Balaban J connectivity index is 2.23. The molecule has 0 aliphatic carbocycles. The van der Waals surface area contributed by atoms with Gasteiger partial charge in [-0.2, -0.15) is 0 Å². The first-order valence-electron chi connectivity index (χ1n) is 6.17. The van der Waals surface area contributed by atoms with Gasteiger partial charge in [0.05, 0.1) is 18.8 Å². The molecule has 94 valence electrons. The molecule has 0 saturated carbocycles.